The van der Waals surface area contributed by atoms with E-state index >= 15 is 0 Å². The van der Waals surface area contributed by atoms with Crippen molar-refractivity contribution in [2.75, 3.05) is 7.11 Å². The summed E-state index contributed by atoms with van der Waals surface area (Å²) in [7, 11) is 1.62. The zero-order chi connectivity index (χ0) is 14.4. The molecule has 0 atom stereocenters. The van der Waals surface area contributed by atoms with Crippen molar-refractivity contribution in [1.29, 1.82) is 0 Å². The molecule has 1 N–H and O–H groups in total. The third-order valence-electron chi connectivity index (χ3n) is 2.85. The summed E-state index contributed by atoms with van der Waals surface area (Å²) in [6.07, 6.45) is 0. The first-order chi connectivity index (χ1) is 9.69. The van der Waals surface area contributed by atoms with Gasteiger partial charge in [0.1, 0.15) is 5.75 Å². The lowest BCUT2D eigenvalue weighted by molar-refractivity contribution is 0.0696. The fourth-order valence-corrected chi connectivity index (χ4v) is 1.84. The summed E-state index contributed by atoms with van der Waals surface area (Å²) in [5.74, 6) is -0.140. The second-order valence-electron chi connectivity index (χ2n) is 4.35. The van der Waals surface area contributed by atoms with Crippen LogP contribution in [0.4, 0.5) is 0 Å². The first-order valence-electron chi connectivity index (χ1n) is 6.22. The average Bonchev–Trinajstić information content (AvgIpc) is 2.48. The molecule has 0 aliphatic heterocycles. The molecule has 0 radical (unpaired) electrons. The molecule has 0 amide bonds. The molecular formula is C16H16O4. The number of methoxy groups -OCH3 is 1. The van der Waals surface area contributed by atoms with Crippen LogP contribution in [-0.2, 0) is 18.0 Å². The number of benzene rings is 2. The number of hydrogen-bond donors (Lipinski definition) is 1. The third-order valence-corrected chi connectivity index (χ3v) is 2.85. The van der Waals surface area contributed by atoms with Crippen LogP contribution in [0.5, 0.6) is 5.75 Å². The molecule has 20 heavy (non-hydrogen) atoms. The molecule has 0 saturated carbocycles. The molecule has 0 aliphatic rings. The third kappa shape index (κ3) is 3.83. The summed E-state index contributed by atoms with van der Waals surface area (Å²) < 4.78 is 10.7. The van der Waals surface area contributed by atoms with Crippen LogP contribution in [0.25, 0.3) is 0 Å². The SMILES string of the molecule is COc1cccc(COCc2cccc(C(=O)O)c2)c1. The van der Waals surface area contributed by atoms with Crippen LogP contribution in [0.2, 0.25) is 0 Å². The van der Waals surface area contributed by atoms with Gasteiger partial charge in [-0.25, -0.2) is 4.79 Å². The van der Waals surface area contributed by atoms with E-state index in [4.69, 9.17) is 14.6 Å². The quantitative estimate of drug-likeness (QED) is 0.877. The van der Waals surface area contributed by atoms with Gasteiger partial charge in [0.05, 0.1) is 25.9 Å². The van der Waals surface area contributed by atoms with E-state index in [2.05, 4.69) is 0 Å². The molecule has 2 aromatic carbocycles. The van der Waals surface area contributed by atoms with Crippen molar-refractivity contribution in [3.05, 3.63) is 65.2 Å². The number of carboxylic acids is 1. The number of aromatic carboxylic acids is 1. The Bertz CT molecular complexity index is 593. The summed E-state index contributed by atoms with van der Waals surface area (Å²) in [6, 6.07) is 14.4. The number of ether oxygens (including phenoxy) is 2. The monoisotopic (exact) mass is 272 g/mol. The van der Waals surface area contributed by atoms with E-state index in [1.807, 2.05) is 30.3 Å². The lowest BCUT2D eigenvalue weighted by Crippen LogP contribution is -1.99. The van der Waals surface area contributed by atoms with Gasteiger partial charge in [-0.1, -0.05) is 24.3 Å². The molecule has 0 aromatic heterocycles. The van der Waals surface area contributed by atoms with E-state index in [-0.39, 0.29) is 5.56 Å². The Morgan fingerprint density at radius 1 is 1.05 bits per heavy atom. The number of hydrogen-bond acceptors (Lipinski definition) is 3. The molecule has 0 saturated heterocycles. The zero-order valence-electron chi connectivity index (χ0n) is 11.2. The second-order valence-corrected chi connectivity index (χ2v) is 4.35. The van der Waals surface area contributed by atoms with Gasteiger partial charge in [0, 0.05) is 0 Å². The molecule has 4 heteroatoms. The minimum absolute atomic E-state index is 0.271. The van der Waals surface area contributed by atoms with Crippen LogP contribution < -0.4 is 4.74 Å². The number of carboxylic acid groups (broad SMARTS) is 1. The first-order valence-corrected chi connectivity index (χ1v) is 6.22. The largest absolute Gasteiger partial charge is 0.497 e. The Kier molecular flexibility index (Phi) is 4.74. The van der Waals surface area contributed by atoms with Crippen molar-refractivity contribution in [3.63, 3.8) is 0 Å². The van der Waals surface area contributed by atoms with E-state index in [1.165, 1.54) is 0 Å². The van der Waals surface area contributed by atoms with Gasteiger partial charge in [0.15, 0.2) is 0 Å². The molecule has 2 aromatic rings. The van der Waals surface area contributed by atoms with E-state index in [0.717, 1.165) is 16.9 Å². The fraction of sp³-hybridized carbons (Fsp3) is 0.188. The van der Waals surface area contributed by atoms with E-state index in [1.54, 1.807) is 25.3 Å². The van der Waals surface area contributed by atoms with Crippen molar-refractivity contribution in [2.24, 2.45) is 0 Å². The van der Waals surface area contributed by atoms with Crippen LogP contribution in [0.3, 0.4) is 0 Å². The molecule has 4 nitrogen and oxygen atoms in total. The van der Waals surface area contributed by atoms with Gasteiger partial charge >= 0.3 is 5.97 Å². The predicted octanol–water partition coefficient (Wildman–Crippen LogP) is 3.11. The number of carbonyl (C=O) groups is 1. The Morgan fingerprint density at radius 3 is 2.35 bits per heavy atom. The molecule has 0 aliphatic carbocycles. The Hall–Kier alpha value is -2.33. The van der Waals surface area contributed by atoms with Gasteiger partial charge in [-0.2, -0.15) is 0 Å². The van der Waals surface area contributed by atoms with Crippen molar-refractivity contribution < 1.29 is 19.4 Å². The maximum Gasteiger partial charge on any atom is 0.335 e. The topological polar surface area (TPSA) is 55.8 Å². The summed E-state index contributed by atoms with van der Waals surface area (Å²) in [5, 5.41) is 8.92. The van der Waals surface area contributed by atoms with Crippen molar-refractivity contribution >= 4 is 5.97 Å². The minimum atomic E-state index is -0.931. The lowest BCUT2D eigenvalue weighted by atomic mass is 10.1. The Morgan fingerprint density at radius 2 is 1.70 bits per heavy atom. The smallest absolute Gasteiger partial charge is 0.335 e. The Balaban J connectivity index is 1.92. The zero-order valence-corrected chi connectivity index (χ0v) is 11.2. The molecular weight excluding hydrogens is 256 g/mol. The predicted molar refractivity (Wildman–Crippen MR) is 74.9 cm³/mol. The highest BCUT2D eigenvalue weighted by molar-refractivity contribution is 5.87. The highest BCUT2D eigenvalue weighted by atomic mass is 16.5. The highest BCUT2D eigenvalue weighted by Gasteiger charge is 2.03. The van der Waals surface area contributed by atoms with Crippen LogP contribution in [-0.4, -0.2) is 18.2 Å². The molecule has 104 valence electrons. The summed E-state index contributed by atoms with van der Waals surface area (Å²) in [5.41, 5.74) is 2.12. The molecule has 0 heterocycles. The summed E-state index contributed by atoms with van der Waals surface area (Å²) in [4.78, 5) is 10.9. The van der Waals surface area contributed by atoms with Crippen LogP contribution in [0.1, 0.15) is 21.5 Å². The number of rotatable bonds is 6. The Labute approximate surface area is 117 Å². The summed E-state index contributed by atoms with van der Waals surface area (Å²) in [6.45, 7) is 0.826. The molecule has 0 spiro atoms. The van der Waals surface area contributed by atoms with Crippen molar-refractivity contribution in [1.82, 2.24) is 0 Å². The van der Waals surface area contributed by atoms with E-state index < -0.39 is 5.97 Å². The van der Waals surface area contributed by atoms with Crippen LogP contribution >= 0.6 is 0 Å². The maximum absolute atomic E-state index is 10.9. The minimum Gasteiger partial charge on any atom is -0.497 e. The van der Waals surface area contributed by atoms with Gasteiger partial charge in [-0.3, -0.25) is 0 Å². The first kappa shape index (κ1) is 14.1. The van der Waals surface area contributed by atoms with Gasteiger partial charge < -0.3 is 14.6 Å². The summed E-state index contributed by atoms with van der Waals surface area (Å²) >= 11 is 0. The van der Waals surface area contributed by atoms with Crippen molar-refractivity contribution in [2.45, 2.75) is 13.2 Å². The maximum atomic E-state index is 10.9. The van der Waals surface area contributed by atoms with Gasteiger partial charge in [0.25, 0.3) is 0 Å². The highest BCUT2D eigenvalue weighted by Crippen LogP contribution is 2.14. The van der Waals surface area contributed by atoms with Gasteiger partial charge in [-0.05, 0) is 35.4 Å². The lowest BCUT2D eigenvalue weighted by Gasteiger charge is -2.07. The fourth-order valence-electron chi connectivity index (χ4n) is 1.84. The van der Waals surface area contributed by atoms with Gasteiger partial charge in [-0.15, -0.1) is 0 Å². The van der Waals surface area contributed by atoms with Gasteiger partial charge in [0.2, 0.25) is 0 Å². The standard InChI is InChI=1S/C16H16O4/c1-19-15-7-3-5-13(9-15)11-20-10-12-4-2-6-14(8-12)16(17)18/h2-9H,10-11H2,1H3,(H,17,18). The van der Waals surface area contributed by atoms with Crippen molar-refractivity contribution in [3.8, 4) is 5.75 Å². The molecule has 0 fully saturated rings. The van der Waals surface area contributed by atoms with Crippen LogP contribution in [0, 0.1) is 0 Å². The molecule has 2 rings (SSSR count). The normalized spacial score (nSPS) is 10.2. The van der Waals surface area contributed by atoms with E-state index in [9.17, 15) is 4.79 Å². The van der Waals surface area contributed by atoms with E-state index in [0.29, 0.717) is 13.2 Å². The average molecular weight is 272 g/mol. The van der Waals surface area contributed by atoms with Crippen LogP contribution in [0.15, 0.2) is 48.5 Å². The molecule has 0 unspecified atom stereocenters. The second kappa shape index (κ2) is 6.73. The molecule has 0 bridgehead atoms.